The summed E-state index contributed by atoms with van der Waals surface area (Å²) >= 11 is 0. The van der Waals surface area contributed by atoms with Crippen molar-refractivity contribution in [1.82, 2.24) is 4.98 Å². The molecule has 1 atom stereocenters. The Bertz CT molecular complexity index is 480. The molecule has 0 saturated heterocycles. The van der Waals surface area contributed by atoms with Gasteiger partial charge in [0, 0.05) is 12.6 Å². The van der Waals surface area contributed by atoms with Gasteiger partial charge in [-0.25, -0.2) is 0 Å². The molecular weight excluding hydrogens is 196 g/mol. The van der Waals surface area contributed by atoms with E-state index in [2.05, 4.69) is 53.6 Å². The van der Waals surface area contributed by atoms with Crippen molar-refractivity contribution in [2.75, 3.05) is 5.32 Å². The summed E-state index contributed by atoms with van der Waals surface area (Å²) in [6.07, 6.45) is 4.79. The average molecular weight is 210 g/mol. The monoisotopic (exact) mass is 210 g/mol. The maximum Gasteiger partial charge on any atom is 0.0638 e. The zero-order valence-electron chi connectivity index (χ0n) is 9.27. The van der Waals surface area contributed by atoms with Crippen molar-refractivity contribution < 1.29 is 0 Å². The van der Waals surface area contributed by atoms with Crippen molar-refractivity contribution in [2.24, 2.45) is 0 Å². The molecule has 0 bridgehead atoms. The first-order valence-corrected chi connectivity index (χ1v) is 5.54. The van der Waals surface area contributed by atoms with Crippen LogP contribution in [0.4, 0.5) is 5.69 Å². The minimum atomic E-state index is 0.00657. The fourth-order valence-electron chi connectivity index (χ4n) is 2.39. The Balaban J connectivity index is 2.01. The smallest absolute Gasteiger partial charge is 0.0638 e. The van der Waals surface area contributed by atoms with Crippen LogP contribution >= 0.6 is 0 Å². The molecule has 0 spiro atoms. The Labute approximate surface area is 95.3 Å². The van der Waals surface area contributed by atoms with Crippen molar-refractivity contribution in [1.29, 1.82) is 0 Å². The van der Waals surface area contributed by atoms with Crippen LogP contribution in [0.15, 0.2) is 48.8 Å². The average Bonchev–Trinajstić information content (AvgIpc) is 2.68. The van der Waals surface area contributed by atoms with E-state index in [0.717, 1.165) is 12.1 Å². The molecule has 2 nitrogen and oxygen atoms in total. The molecule has 2 heteroatoms. The van der Waals surface area contributed by atoms with Gasteiger partial charge in [0.25, 0.3) is 0 Å². The molecule has 1 aromatic carbocycles. The van der Waals surface area contributed by atoms with Gasteiger partial charge in [0.1, 0.15) is 0 Å². The molecule has 0 aliphatic carbocycles. The van der Waals surface area contributed by atoms with E-state index in [1.165, 1.54) is 11.1 Å². The predicted octanol–water partition coefficient (Wildman–Crippen LogP) is 2.97. The highest BCUT2D eigenvalue weighted by Crippen LogP contribution is 2.38. The van der Waals surface area contributed by atoms with Crippen LogP contribution in [0.25, 0.3) is 0 Å². The van der Waals surface area contributed by atoms with Crippen molar-refractivity contribution >= 4 is 5.69 Å². The molecule has 2 heterocycles. The second kappa shape index (κ2) is 3.34. The second-order valence-electron chi connectivity index (χ2n) is 4.53. The van der Waals surface area contributed by atoms with E-state index in [0.29, 0.717) is 0 Å². The Morgan fingerprint density at radius 1 is 1.19 bits per heavy atom. The quantitative estimate of drug-likeness (QED) is 0.782. The number of benzene rings is 1. The van der Waals surface area contributed by atoms with E-state index in [1.807, 2.05) is 12.4 Å². The summed E-state index contributed by atoms with van der Waals surface area (Å²) in [4.78, 5) is 4.15. The fraction of sp³-hybridized carbons (Fsp3) is 0.214. The predicted molar refractivity (Wildman–Crippen MR) is 65.4 cm³/mol. The first-order valence-electron chi connectivity index (χ1n) is 5.54. The van der Waals surface area contributed by atoms with E-state index in [-0.39, 0.29) is 5.54 Å². The lowest BCUT2D eigenvalue weighted by molar-refractivity contribution is 0.569. The number of fused-ring (bicyclic) bond motifs is 1. The van der Waals surface area contributed by atoms with Crippen LogP contribution in [-0.4, -0.2) is 4.98 Å². The highest BCUT2D eigenvalue weighted by atomic mass is 15.0. The SMILES string of the molecule is CC1(c2ccccc2)Cc2ccncc2N1. The van der Waals surface area contributed by atoms with Gasteiger partial charge in [-0.05, 0) is 24.1 Å². The van der Waals surface area contributed by atoms with Gasteiger partial charge in [-0.1, -0.05) is 30.3 Å². The number of hydrogen-bond acceptors (Lipinski definition) is 2. The molecule has 0 fully saturated rings. The topological polar surface area (TPSA) is 24.9 Å². The van der Waals surface area contributed by atoms with Crippen LogP contribution < -0.4 is 5.32 Å². The van der Waals surface area contributed by atoms with E-state index in [4.69, 9.17) is 0 Å². The third-order valence-corrected chi connectivity index (χ3v) is 3.28. The summed E-state index contributed by atoms with van der Waals surface area (Å²) in [7, 11) is 0. The van der Waals surface area contributed by atoms with Gasteiger partial charge in [0.2, 0.25) is 0 Å². The van der Waals surface area contributed by atoms with E-state index in [1.54, 1.807) is 0 Å². The molecule has 2 aromatic rings. The minimum Gasteiger partial charge on any atom is -0.374 e. The Hall–Kier alpha value is -1.83. The van der Waals surface area contributed by atoms with Gasteiger partial charge >= 0.3 is 0 Å². The summed E-state index contributed by atoms with van der Waals surface area (Å²) in [6, 6.07) is 12.7. The second-order valence-corrected chi connectivity index (χ2v) is 4.53. The molecule has 1 aliphatic rings. The maximum absolute atomic E-state index is 4.15. The molecule has 1 unspecified atom stereocenters. The molecule has 1 aliphatic heterocycles. The summed E-state index contributed by atoms with van der Waals surface area (Å²) in [6.45, 7) is 2.24. The normalized spacial score (nSPS) is 22.6. The largest absolute Gasteiger partial charge is 0.374 e. The van der Waals surface area contributed by atoms with Gasteiger partial charge in [-0.3, -0.25) is 4.98 Å². The number of nitrogens with zero attached hydrogens (tertiary/aromatic N) is 1. The first-order chi connectivity index (χ1) is 7.78. The van der Waals surface area contributed by atoms with Gasteiger partial charge in [-0.15, -0.1) is 0 Å². The minimum absolute atomic E-state index is 0.00657. The lowest BCUT2D eigenvalue weighted by Crippen LogP contribution is -2.28. The molecule has 16 heavy (non-hydrogen) atoms. The molecule has 1 aromatic heterocycles. The van der Waals surface area contributed by atoms with Gasteiger partial charge in [-0.2, -0.15) is 0 Å². The standard InChI is InChI=1S/C14H14N2/c1-14(12-5-3-2-4-6-12)9-11-7-8-15-10-13(11)16-14/h2-8,10,16H,9H2,1H3. The number of nitrogens with one attached hydrogen (secondary N) is 1. The lowest BCUT2D eigenvalue weighted by Gasteiger charge is -2.25. The van der Waals surface area contributed by atoms with Crippen LogP contribution in [0.5, 0.6) is 0 Å². The van der Waals surface area contributed by atoms with Crippen molar-refractivity contribution in [3.05, 3.63) is 59.9 Å². The summed E-state index contributed by atoms with van der Waals surface area (Å²) in [5.74, 6) is 0. The third-order valence-electron chi connectivity index (χ3n) is 3.28. The highest BCUT2D eigenvalue weighted by molar-refractivity contribution is 5.58. The molecule has 3 rings (SSSR count). The Morgan fingerprint density at radius 3 is 2.75 bits per heavy atom. The molecule has 0 radical (unpaired) electrons. The van der Waals surface area contributed by atoms with E-state index in [9.17, 15) is 0 Å². The van der Waals surface area contributed by atoms with Gasteiger partial charge in [0.15, 0.2) is 0 Å². The van der Waals surface area contributed by atoms with Gasteiger partial charge in [0.05, 0.1) is 17.4 Å². The molecular formula is C14H14N2. The summed E-state index contributed by atoms with van der Waals surface area (Å²) in [5.41, 5.74) is 3.84. The number of aromatic nitrogens is 1. The third kappa shape index (κ3) is 1.38. The fourth-order valence-corrected chi connectivity index (χ4v) is 2.39. The Kier molecular flexibility index (Phi) is 1.96. The zero-order valence-corrected chi connectivity index (χ0v) is 9.27. The summed E-state index contributed by atoms with van der Waals surface area (Å²) in [5, 5.41) is 3.56. The van der Waals surface area contributed by atoms with Crippen LogP contribution in [0, 0.1) is 0 Å². The van der Waals surface area contributed by atoms with Crippen LogP contribution in [-0.2, 0) is 12.0 Å². The lowest BCUT2D eigenvalue weighted by atomic mass is 9.89. The van der Waals surface area contributed by atoms with Crippen LogP contribution in [0.1, 0.15) is 18.1 Å². The highest BCUT2D eigenvalue weighted by Gasteiger charge is 2.33. The van der Waals surface area contributed by atoms with Crippen molar-refractivity contribution in [3.63, 3.8) is 0 Å². The molecule has 1 N–H and O–H groups in total. The molecule has 80 valence electrons. The number of rotatable bonds is 1. The zero-order chi connectivity index (χ0) is 11.0. The first kappa shape index (κ1) is 9.40. The molecule has 0 amide bonds. The van der Waals surface area contributed by atoms with E-state index < -0.39 is 0 Å². The maximum atomic E-state index is 4.15. The summed E-state index contributed by atoms with van der Waals surface area (Å²) < 4.78 is 0. The van der Waals surface area contributed by atoms with Crippen molar-refractivity contribution in [2.45, 2.75) is 18.9 Å². The van der Waals surface area contributed by atoms with E-state index >= 15 is 0 Å². The number of anilines is 1. The number of hydrogen-bond donors (Lipinski definition) is 1. The number of pyridine rings is 1. The van der Waals surface area contributed by atoms with Crippen LogP contribution in [0.3, 0.4) is 0 Å². The van der Waals surface area contributed by atoms with Gasteiger partial charge < -0.3 is 5.32 Å². The van der Waals surface area contributed by atoms with Crippen LogP contribution in [0.2, 0.25) is 0 Å². The van der Waals surface area contributed by atoms with Crippen molar-refractivity contribution in [3.8, 4) is 0 Å². The Morgan fingerprint density at radius 2 is 2.00 bits per heavy atom. The molecule has 0 saturated carbocycles.